The van der Waals surface area contributed by atoms with Crippen molar-refractivity contribution in [3.05, 3.63) is 11.9 Å². The Morgan fingerprint density at radius 3 is 2.78 bits per heavy atom. The summed E-state index contributed by atoms with van der Waals surface area (Å²) in [6, 6.07) is 0.281. The van der Waals surface area contributed by atoms with E-state index in [1.807, 2.05) is 6.92 Å². The highest BCUT2D eigenvalue weighted by Gasteiger charge is 2.25. The van der Waals surface area contributed by atoms with E-state index >= 15 is 0 Å². The number of anilines is 2. The van der Waals surface area contributed by atoms with Gasteiger partial charge in [-0.05, 0) is 19.8 Å². The van der Waals surface area contributed by atoms with Gasteiger partial charge in [-0.1, -0.05) is 12.8 Å². The summed E-state index contributed by atoms with van der Waals surface area (Å²) < 4.78 is 0. The van der Waals surface area contributed by atoms with Gasteiger partial charge in [-0.2, -0.15) is 0 Å². The zero-order valence-corrected chi connectivity index (χ0v) is 10.7. The summed E-state index contributed by atoms with van der Waals surface area (Å²) in [6.45, 7) is 2.15. The highest BCUT2D eigenvalue weighted by atomic mass is 16.3. The largest absolute Gasteiger partial charge is 0.396 e. The molecule has 1 aliphatic rings. The monoisotopic (exact) mass is 251 g/mol. The Bertz CT molecular complexity index is 398. The van der Waals surface area contributed by atoms with Gasteiger partial charge in [0.15, 0.2) is 0 Å². The van der Waals surface area contributed by atoms with E-state index in [1.54, 1.807) is 0 Å². The van der Waals surface area contributed by atoms with Gasteiger partial charge in [-0.15, -0.1) is 0 Å². The lowest BCUT2D eigenvalue weighted by Crippen LogP contribution is -2.35. The van der Waals surface area contributed by atoms with Crippen LogP contribution in [0.1, 0.15) is 31.2 Å². The van der Waals surface area contributed by atoms with Crippen molar-refractivity contribution in [3.63, 3.8) is 0 Å². The summed E-state index contributed by atoms with van der Waals surface area (Å²) in [5.74, 6) is 7.13. The lowest BCUT2D eigenvalue weighted by molar-refractivity contribution is 0.178. The summed E-state index contributed by atoms with van der Waals surface area (Å²) >= 11 is 0. The summed E-state index contributed by atoms with van der Waals surface area (Å²) in [6.07, 6.45) is 6.02. The van der Waals surface area contributed by atoms with Gasteiger partial charge in [-0.25, -0.2) is 15.8 Å². The molecule has 0 saturated heterocycles. The molecule has 0 radical (unpaired) electrons. The Morgan fingerprint density at radius 2 is 2.06 bits per heavy atom. The molecule has 1 fully saturated rings. The Labute approximate surface area is 107 Å². The van der Waals surface area contributed by atoms with Gasteiger partial charge < -0.3 is 15.8 Å². The first-order chi connectivity index (χ1) is 8.76. The fraction of sp³-hybridized carbons (Fsp3) is 0.667. The van der Waals surface area contributed by atoms with E-state index in [0.29, 0.717) is 11.7 Å². The number of hydrazine groups is 1. The number of nitrogens with one attached hydrogen (secondary N) is 2. The van der Waals surface area contributed by atoms with Crippen molar-refractivity contribution in [2.24, 2.45) is 11.8 Å². The molecule has 6 nitrogen and oxygen atoms in total. The molecule has 0 aromatic carbocycles. The smallest absolute Gasteiger partial charge is 0.148 e. The summed E-state index contributed by atoms with van der Waals surface area (Å²) in [5.41, 5.74) is 3.46. The van der Waals surface area contributed by atoms with E-state index in [1.165, 1.54) is 19.2 Å². The van der Waals surface area contributed by atoms with E-state index in [4.69, 9.17) is 5.84 Å². The number of aliphatic hydroxyl groups is 1. The number of aromatic nitrogens is 2. The average Bonchev–Trinajstić information content (AvgIpc) is 2.42. The van der Waals surface area contributed by atoms with Crippen molar-refractivity contribution in [1.29, 1.82) is 0 Å². The predicted octanol–water partition coefficient (Wildman–Crippen LogP) is 1.03. The molecule has 2 atom stereocenters. The zero-order valence-electron chi connectivity index (χ0n) is 10.7. The molecular formula is C12H21N5O. The number of hydrogen-bond acceptors (Lipinski definition) is 6. The van der Waals surface area contributed by atoms with E-state index < -0.39 is 0 Å². The standard InChI is InChI=1S/C12H21N5O/c1-8-11(14-7-15-12(8)17-13)16-10-5-3-2-4-9(10)6-18/h7,9-10,18H,2-6,13H2,1H3,(H2,14,15,16,17). The van der Waals surface area contributed by atoms with Crippen LogP contribution in [0.2, 0.25) is 0 Å². The highest BCUT2D eigenvalue weighted by molar-refractivity contribution is 5.56. The maximum Gasteiger partial charge on any atom is 0.148 e. The van der Waals surface area contributed by atoms with Gasteiger partial charge in [-0.3, -0.25) is 0 Å². The van der Waals surface area contributed by atoms with Gasteiger partial charge in [0, 0.05) is 24.1 Å². The molecule has 5 N–H and O–H groups in total. The van der Waals surface area contributed by atoms with Gasteiger partial charge in [0.25, 0.3) is 0 Å². The first-order valence-electron chi connectivity index (χ1n) is 6.42. The number of nitrogens with zero attached hydrogens (tertiary/aromatic N) is 2. The molecule has 0 spiro atoms. The second-order valence-electron chi connectivity index (χ2n) is 4.82. The van der Waals surface area contributed by atoms with E-state index in [9.17, 15) is 5.11 Å². The van der Waals surface area contributed by atoms with Crippen molar-refractivity contribution in [2.75, 3.05) is 17.3 Å². The molecule has 1 aromatic heterocycles. The summed E-state index contributed by atoms with van der Waals surface area (Å²) in [4.78, 5) is 8.30. The molecule has 1 aliphatic carbocycles. The van der Waals surface area contributed by atoms with Gasteiger partial charge in [0.2, 0.25) is 0 Å². The molecule has 0 bridgehead atoms. The van der Waals surface area contributed by atoms with Gasteiger partial charge in [0.05, 0.1) is 0 Å². The minimum atomic E-state index is 0.226. The van der Waals surface area contributed by atoms with Gasteiger partial charge in [0.1, 0.15) is 18.0 Å². The molecule has 2 rings (SSSR count). The van der Waals surface area contributed by atoms with Crippen LogP contribution >= 0.6 is 0 Å². The molecule has 1 saturated carbocycles. The van der Waals surface area contributed by atoms with Crippen molar-refractivity contribution in [3.8, 4) is 0 Å². The number of aliphatic hydroxyl groups excluding tert-OH is 1. The first-order valence-corrected chi connectivity index (χ1v) is 6.42. The van der Waals surface area contributed by atoms with Crippen molar-refractivity contribution >= 4 is 11.6 Å². The number of nitrogen functional groups attached to an aromatic ring is 1. The Morgan fingerprint density at radius 1 is 1.33 bits per heavy atom. The fourth-order valence-electron chi connectivity index (χ4n) is 2.53. The van der Waals surface area contributed by atoms with Crippen LogP contribution in [0.5, 0.6) is 0 Å². The van der Waals surface area contributed by atoms with E-state index in [0.717, 1.165) is 24.2 Å². The van der Waals surface area contributed by atoms with Crippen LogP contribution in [0.3, 0.4) is 0 Å². The van der Waals surface area contributed by atoms with Crippen LogP contribution in [0.15, 0.2) is 6.33 Å². The van der Waals surface area contributed by atoms with Crippen LogP contribution in [0.25, 0.3) is 0 Å². The third-order valence-corrected chi connectivity index (χ3v) is 3.69. The Balaban J connectivity index is 2.12. The van der Waals surface area contributed by atoms with Crippen LogP contribution < -0.4 is 16.6 Å². The summed E-state index contributed by atoms with van der Waals surface area (Å²) in [7, 11) is 0. The van der Waals surface area contributed by atoms with Gasteiger partial charge >= 0.3 is 0 Å². The molecule has 1 aromatic rings. The van der Waals surface area contributed by atoms with Crippen LogP contribution in [-0.4, -0.2) is 27.7 Å². The molecule has 2 unspecified atom stereocenters. The lowest BCUT2D eigenvalue weighted by atomic mass is 9.85. The molecule has 6 heteroatoms. The third-order valence-electron chi connectivity index (χ3n) is 3.69. The van der Waals surface area contributed by atoms with Crippen molar-refractivity contribution < 1.29 is 5.11 Å². The fourth-order valence-corrected chi connectivity index (χ4v) is 2.53. The Kier molecular flexibility index (Phi) is 4.33. The molecule has 1 heterocycles. The first kappa shape index (κ1) is 13.0. The second-order valence-corrected chi connectivity index (χ2v) is 4.82. The maximum absolute atomic E-state index is 9.40. The molecule has 18 heavy (non-hydrogen) atoms. The second kappa shape index (κ2) is 5.97. The summed E-state index contributed by atoms with van der Waals surface area (Å²) in [5, 5.41) is 12.8. The SMILES string of the molecule is Cc1c(NN)ncnc1NC1CCCCC1CO. The number of rotatable bonds is 4. The number of nitrogens with two attached hydrogens (primary N) is 1. The minimum Gasteiger partial charge on any atom is -0.396 e. The average molecular weight is 251 g/mol. The minimum absolute atomic E-state index is 0.226. The Hall–Kier alpha value is -1.40. The van der Waals surface area contributed by atoms with Crippen molar-refractivity contribution in [2.45, 2.75) is 38.6 Å². The molecule has 0 aliphatic heterocycles. The van der Waals surface area contributed by atoms with E-state index in [-0.39, 0.29) is 12.6 Å². The van der Waals surface area contributed by atoms with E-state index in [2.05, 4.69) is 20.7 Å². The number of hydrogen-bond donors (Lipinski definition) is 4. The maximum atomic E-state index is 9.40. The lowest BCUT2D eigenvalue weighted by Gasteiger charge is -2.31. The molecule has 0 amide bonds. The zero-order chi connectivity index (χ0) is 13.0. The topological polar surface area (TPSA) is 96.1 Å². The quantitative estimate of drug-likeness (QED) is 0.471. The molecular weight excluding hydrogens is 230 g/mol. The van der Waals surface area contributed by atoms with Crippen LogP contribution in [-0.2, 0) is 0 Å². The molecule has 100 valence electrons. The predicted molar refractivity (Wildman–Crippen MR) is 71.0 cm³/mol. The van der Waals surface area contributed by atoms with Crippen LogP contribution in [0, 0.1) is 12.8 Å². The van der Waals surface area contributed by atoms with Crippen LogP contribution in [0.4, 0.5) is 11.6 Å². The highest BCUT2D eigenvalue weighted by Crippen LogP contribution is 2.28. The van der Waals surface area contributed by atoms with Crippen molar-refractivity contribution in [1.82, 2.24) is 9.97 Å². The normalized spacial score (nSPS) is 23.7. The third kappa shape index (κ3) is 2.70.